The van der Waals surface area contributed by atoms with Gasteiger partial charge in [0.2, 0.25) is 6.29 Å². The summed E-state index contributed by atoms with van der Waals surface area (Å²) < 4.78 is 16.0. The van der Waals surface area contributed by atoms with E-state index in [2.05, 4.69) is 13.5 Å². The second kappa shape index (κ2) is 7.10. The predicted molar refractivity (Wildman–Crippen MR) is 92.4 cm³/mol. The second-order valence-electron chi connectivity index (χ2n) is 8.35. The van der Waals surface area contributed by atoms with Gasteiger partial charge in [0.15, 0.2) is 0 Å². The Kier molecular flexibility index (Phi) is 5.24. The summed E-state index contributed by atoms with van der Waals surface area (Å²) >= 11 is 0. The molecule has 4 aliphatic rings. The minimum Gasteiger partial charge on any atom is -0.463 e. The average molecular weight is 350 g/mol. The number of esters is 2. The highest BCUT2D eigenvalue weighted by Gasteiger charge is 2.59. The van der Waals surface area contributed by atoms with Crippen LogP contribution in [-0.2, 0) is 23.8 Å². The van der Waals surface area contributed by atoms with Crippen LogP contribution in [0.2, 0.25) is 0 Å². The first kappa shape index (κ1) is 18.4. The molecular formula is C20H30O5. The van der Waals surface area contributed by atoms with Crippen LogP contribution in [0, 0.1) is 29.1 Å². The summed E-state index contributed by atoms with van der Waals surface area (Å²) in [6, 6.07) is 0. The van der Waals surface area contributed by atoms with Gasteiger partial charge in [-0.05, 0) is 76.5 Å². The lowest BCUT2D eigenvalue weighted by Crippen LogP contribution is -2.55. The zero-order valence-electron chi connectivity index (χ0n) is 15.6. The number of hydrogen-bond donors (Lipinski definition) is 0. The van der Waals surface area contributed by atoms with Gasteiger partial charge in [-0.1, -0.05) is 6.58 Å². The van der Waals surface area contributed by atoms with Crippen molar-refractivity contribution in [3.8, 4) is 0 Å². The summed E-state index contributed by atoms with van der Waals surface area (Å²) in [5, 5.41) is 0. The summed E-state index contributed by atoms with van der Waals surface area (Å²) in [5.74, 6) is 2.06. The number of hydrogen-bond acceptors (Lipinski definition) is 5. The summed E-state index contributed by atoms with van der Waals surface area (Å²) in [5.41, 5.74) is 0.00235. The zero-order chi connectivity index (χ0) is 18.2. The van der Waals surface area contributed by atoms with E-state index in [0.29, 0.717) is 17.4 Å². The molecule has 0 spiro atoms. The van der Waals surface area contributed by atoms with Crippen molar-refractivity contribution < 1.29 is 23.8 Å². The average Bonchev–Trinajstić information content (AvgIpc) is 2.55. The highest BCUT2D eigenvalue weighted by Crippen LogP contribution is 2.62. The van der Waals surface area contributed by atoms with Gasteiger partial charge >= 0.3 is 11.9 Å². The molecule has 4 saturated carbocycles. The molecule has 0 heterocycles. The molecule has 0 N–H and O–H groups in total. The fourth-order valence-corrected chi connectivity index (χ4v) is 5.29. The maximum Gasteiger partial charge on any atom is 0.335 e. The Morgan fingerprint density at radius 3 is 2.16 bits per heavy atom. The third kappa shape index (κ3) is 3.62. The van der Waals surface area contributed by atoms with Gasteiger partial charge in [-0.25, -0.2) is 4.79 Å². The Bertz CT molecular complexity index is 524. The van der Waals surface area contributed by atoms with Crippen LogP contribution in [-0.4, -0.2) is 31.4 Å². The van der Waals surface area contributed by atoms with Crippen LogP contribution in [0.5, 0.6) is 0 Å². The van der Waals surface area contributed by atoms with Crippen molar-refractivity contribution in [2.24, 2.45) is 29.1 Å². The fraction of sp³-hybridized carbons (Fsp3) is 0.800. The van der Waals surface area contributed by atoms with E-state index < -0.39 is 12.3 Å². The minimum atomic E-state index is -0.681. The minimum absolute atomic E-state index is 0.0727. The molecule has 4 fully saturated rings. The molecule has 0 amide bonds. The molecule has 5 heteroatoms. The smallest absolute Gasteiger partial charge is 0.335 e. The SMILES string of the molecule is C=C(C)C(=O)OC(C)OCCOC(=O)C1(C)C2CC3CC(C2)CC1C3. The first-order valence-corrected chi connectivity index (χ1v) is 9.46. The maximum atomic E-state index is 12.8. The van der Waals surface area contributed by atoms with Crippen LogP contribution >= 0.6 is 0 Å². The van der Waals surface area contributed by atoms with E-state index in [1.807, 2.05) is 0 Å². The van der Waals surface area contributed by atoms with Crippen LogP contribution in [0.3, 0.4) is 0 Å². The summed E-state index contributed by atoms with van der Waals surface area (Å²) in [7, 11) is 0. The molecule has 0 saturated heterocycles. The molecule has 0 aromatic heterocycles. The van der Waals surface area contributed by atoms with E-state index in [9.17, 15) is 9.59 Å². The maximum absolute atomic E-state index is 12.8. The lowest BCUT2D eigenvalue weighted by molar-refractivity contribution is -0.188. The van der Waals surface area contributed by atoms with Crippen molar-refractivity contribution in [3.05, 3.63) is 12.2 Å². The van der Waals surface area contributed by atoms with E-state index in [1.165, 1.54) is 32.1 Å². The van der Waals surface area contributed by atoms with E-state index in [-0.39, 0.29) is 24.6 Å². The van der Waals surface area contributed by atoms with Gasteiger partial charge in [0, 0.05) is 5.57 Å². The van der Waals surface area contributed by atoms with Gasteiger partial charge in [0.25, 0.3) is 0 Å². The molecule has 0 aromatic rings. The topological polar surface area (TPSA) is 61.8 Å². The Morgan fingerprint density at radius 2 is 1.64 bits per heavy atom. The molecule has 5 nitrogen and oxygen atoms in total. The van der Waals surface area contributed by atoms with Crippen molar-refractivity contribution in [2.75, 3.05) is 13.2 Å². The monoisotopic (exact) mass is 350 g/mol. The van der Waals surface area contributed by atoms with Crippen LogP contribution < -0.4 is 0 Å². The molecule has 0 aliphatic heterocycles. The Hall–Kier alpha value is -1.36. The van der Waals surface area contributed by atoms with Crippen LogP contribution in [0.15, 0.2) is 12.2 Å². The van der Waals surface area contributed by atoms with E-state index >= 15 is 0 Å². The predicted octanol–water partition coefficient (Wildman–Crippen LogP) is 3.47. The number of carbonyl (C=O) groups is 2. The molecule has 25 heavy (non-hydrogen) atoms. The summed E-state index contributed by atoms with van der Waals surface area (Å²) in [6.07, 6.45) is 5.42. The normalized spacial score (nSPS) is 36.8. The van der Waals surface area contributed by atoms with Crippen LogP contribution in [0.25, 0.3) is 0 Å². The molecule has 1 atom stereocenters. The van der Waals surface area contributed by atoms with Gasteiger partial charge in [-0.15, -0.1) is 0 Å². The highest BCUT2D eigenvalue weighted by molar-refractivity contribution is 5.87. The molecule has 140 valence electrons. The van der Waals surface area contributed by atoms with Gasteiger partial charge in [-0.2, -0.15) is 0 Å². The third-order valence-corrected chi connectivity index (χ3v) is 6.56. The van der Waals surface area contributed by atoms with Crippen molar-refractivity contribution in [1.29, 1.82) is 0 Å². The van der Waals surface area contributed by atoms with E-state index in [4.69, 9.17) is 14.2 Å². The lowest BCUT2D eigenvalue weighted by atomic mass is 9.46. The first-order chi connectivity index (χ1) is 11.8. The molecule has 4 rings (SSSR count). The van der Waals surface area contributed by atoms with E-state index in [1.54, 1.807) is 13.8 Å². The molecule has 0 aromatic carbocycles. The van der Waals surface area contributed by atoms with Gasteiger partial charge in [0.05, 0.1) is 12.0 Å². The largest absolute Gasteiger partial charge is 0.463 e. The first-order valence-electron chi connectivity index (χ1n) is 9.46. The highest BCUT2D eigenvalue weighted by atomic mass is 16.7. The fourth-order valence-electron chi connectivity index (χ4n) is 5.29. The van der Waals surface area contributed by atoms with Crippen molar-refractivity contribution >= 4 is 11.9 Å². The van der Waals surface area contributed by atoms with Gasteiger partial charge in [0.1, 0.15) is 6.61 Å². The second-order valence-corrected chi connectivity index (χ2v) is 8.35. The molecule has 1 unspecified atom stereocenters. The quantitative estimate of drug-likeness (QED) is 0.304. The van der Waals surface area contributed by atoms with Crippen LogP contribution in [0.1, 0.15) is 52.9 Å². The van der Waals surface area contributed by atoms with Crippen molar-refractivity contribution in [1.82, 2.24) is 0 Å². The summed E-state index contributed by atoms with van der Waals surface area (Å²) in [6.45, 7) is 9.27. The van der Waals surface area contributed by atoms with Crippen molar-refractivity contribution in [2.45, 2.75) is 59.2 Å². The Labute approximate surface area is 150 Å². The third-order valence-electron chi connectivity index (χ3n) is 6.56. The summed E-state index contributed by atoms with van der Waals surface area (Å²) in [4.78, 5) is 24.2. The molecule has 0 radical (unpaired) electrons. The number of rotatable bonds is 7. The number of carbonyl (C=O) groups excluding carboxylic acids is 2. The van der Waals surface area contributed by atoms with Crippen molar-refractivity contribution in [3.63, 3.8) is 0 Å². The molecular weight excluding hydrogens is 320 g/mol. The van der Waals surface area contributed by atoms with E-state index in [0.717, 1.165) is 11.8 Å². The Balaban J connectivity index is 1.44. The standard InChI is InChI=1S/C20H30O5/c1-12(2)18(21)25-13(3)23-5-6-24-19(22)20(4)16-8-14-7-15(10-16)11-17(20)9-14/h13-17H,1,5-11H2,2-4H3. The molecule has 4 bridgehead atoms. The lowest BCUT2D eigenvalue weighted by Gasteiger charge is -2.58. The van der Waals surface area contributed by atoms with Gasteiger partial charge in [-0.3, -0.25) is 4.79 Å². The van der Waals surface area contributed by atoms with Gasteiger partial charge < -0.3 is 14.2 Å². The zero-order valence-corrected chi connectivity index (χ0v) is 15.6. The van der Waals surface area contributed by atoms with Crippen LogP contribution in [0.4, 0.5) is 0 Å². The molecule has 4 aliphatic carbocycles. The Morgan fingerprint density at radius 1 is 1.08 bits per heavy atom. The number of ether oxygens (including phenoxy) is 3.